The van der Waals surface area contributed by atoms with Crippen molar-refractivity contribution in [2.45, 2.75) is 20.3 Å². The average Bonchev–Trinajstić information content (AvgIpc) is 2.58. The molecule has 0 amide bonds. The maximum Gasteiger partial charge on any atom is 0.336 e. The van der Waals surface area contributed by atoms with Crippen LogP contribution in [0, 0.1) is 6.92 Å². The van der Waals surface area contributed by atoms with E-state index in [1.807, 2.05) is 32.0 Å². The van der Waals surface area contributed by atoms with Crippen LogP contribution in [0.2, 0.25) is 0 Å². The largest absolute Gasteiger partial charge is 0.485 e. The lowest BCUT2D eigenvalue weighted by Gasteiger charge is -2.12. The number of carbonyl (C=O) groups excluding carboxylic acids is 1. The Labute approximate surface area is 153 Å². The molecule has 0 saturated heterocycles. The van der Waals surface area contributed by atoms with E-state index < -0.39 is 0 Å². The molecule has 5 heteroatoms. The van der Waals surface area contributed by atoms with Gasteiger partial charge in [-0.05, 0) is 48.7 Å². The second-order valence-electron chi connectivity index (χ2n) is 5.80. The van der Waals surface area contributed by atoms with Gasteiger partial charge in [0.2, 0.25) is 0 Å². The van der Waals surface area contributed by atoms with E-state index in [9.17, 15) is 9.59 Å². The van der Waals surface area contributed by atoms with Crippen molar-refractivity contribution < 1.29 is 13.9 Å². The molecule has 3 aromatic rings. The van der Waals surface area contributed by atoms with E-state index in [0.717, 1.165) is 21.0 Å². The number of fused-ring (bicyclic) bond motifs is 1. The van der Waals surface area contributed by atoms with Crippen LogP contribution in [0.4, 0.5) is 0 Å². The van der Waals surface area contributed by atoms with Gasteiger partial charge in [-0.15, -0.1) is 0 Å². The number of rotatable bonds is 5. The minimum Gasteiger partial charge on any atom is -0.485 e. The summed E-state index contributed by atoms with van der Waals surface area (Å²) in [6.45, 7) is 3.77. The average molecular weight is 401 g/mol. The molecule has 1 heterocycles. The van der Waals surface area contributed by atoms with Gasteiger partial charge in [0.05, 0.1) is 5.39 Å². The molecule has 0 spiro atoms. The number of hydrogen-bond acceptors (Lipinski definition) is 4. The zero-order valence-corrected chi connectivity index (χ0v) is 15.6. The predicted molar refractivity (Wildman–Crippen MR) is 101 cm³/mol. The number of benzene rings is 2. The summed E-state index contributed by atoms with van der Waals surface area (Å²) in [6, 6.07) is 12.3. The summed E-state index contributed by atoms with van der Waals surface area (Å²) in [5, 5.41) is 0.747. The SMILES string of the molecule is CCc1cc(=O)oc2cc(C)cc(OCC(=O)c3ccc(Br)cc3)c12. The lowest BCUT2D eigenvalue weighted by atomic mass is 10.0. The van der Waals surface area contributed by atoms with E-state index in [1.165, 1.54) is 6.07 Å². The van der Waals surface area contributed by atoms with Gasteiger partial charge >= 0.3 is 5.63 Å². The monoisotopic (exact) mass is 400 g/mol. The number of halogens is 1. The van der Waals surface area contributed by atoms with Crippen molar-refractivity contribution in [3.63, 3.8) is 0 Å². The third kappa shape index (κ3) is 3.82. The first kappa shape index (κ1) is 17.4. The quantitative estimate of drug-likeness (QED) is 0.460. The number of aryl methyl sites for hydroxylation is 2. The molecule has 1 aromatic heterocycles. The molecule has 4 nitrogen and oxygen atoms in total. The molecule has 0 aliphatic heterocycles. The Morgan fingerprint density at radius 2 is 1.88 bits per heavy atom. The third-order valence-corrected chi connectivity index (χ3v) is 4.47. The van der Waals surface area contributed by atoms with Gasteiger partial charge in [0.1, 0.15) is 11.3 Å². The Balaban J connectivity index is 1.94. The van der Waals surface area contributed by atoms with Crippen molar-refractivity contribution in [2.75, 3.05) is 6.61 Å². The molecule has 0 N–H and O–H groups in total. The molecule has 0 bridgehead atoms. The molecule has 0 saturated carbocycles. The standard InChI is InChI=1S/C20H17BrO4/c1-3-13-10-19(23)25-18-9-12(2)8-17(20(13)18)24-11-16(22)14-4-6-15(21)7-5-14/h4-10H,3,11H2,1-2H3. The minimum absolute atomic E-state index is 0.0809. The van der Waals surface area contributed by atoms with Crippen molar-refractivity contribution in [2.24, 2.45) is 0 Å². The minimum atomic E-state index is -0.383. The van der Waals surface area contributed by atoms with Gasteiger partial charge in [-0.25, -0.2) is 4.79 Å². The fraction of sp³-hybridized carbons (Fsp3) is 0.200. The van der Waals surface area contributed by atoms with Gasteiger partial charge in [0, 0.05) is 16.1 Å². The van der Waals surface area contributed by atoms with Crippen molar-refractivity contribution in [3.8, 4) is 5.75 Å². The molecule has 25 heavy (non-hydrogen) atoms. The highest BCUT2D eigenvalue weighted by Gasteiger charge is 2.14. The topological polar surface area (TPSA) is 56.5 Å². The van der Waals surface area contributed by atoms with Crippen molar-refractivity contribution in [1.82, 2.24) is 0 Å². The van der Waals surface area contributed by atoms with Crippen LogP contribution in [-0.2, 0) is 6.42 Å². The molecule has 0 unspecified atom stereocenters. The first-order valence-corrected chi connectivity index (χ1v) is 8.76. The Morgan fingerprint density at radius 1 is 1.16 bits per heavy atom. The molecular weight excluding hydrogens is 384 g/mol. The highest BCUT2D eigenvalue weighted by atomic mass is 79.9. The first-order chi connectivity index (χ1) is 12.0. The smallest absolute Gasteiger partial charge is 0.336 e. The van der Waals surface area contributed by atoms with E-state index >= 15 is 0 Å². The lowest BCUT2D eigenvalue weighted by Crippen LogP contribution is -2.12. The molecule has 2 aromatic carbocycles. The van der Waals surface area contributed by atoms with E-state index in [1.54, 1.807) is 18.2 Å². The van der Waals surface area contributed by atoms with E-state index in [0.29, 0.717) is 23.3 Å². The maximum atomic E-state index is 12.3. The number of hydrogen-bond donors (Lipinski definition) is 0. The van der Waals surface area contributed by atoms with Crippen LogP contribution < -0.4 is 10.4 Å². The summed E-state index contributed by atoms with van der Waals surface area (Å²) in [4.78, 5) is 24.0. The molecular formula is C20H17BrO4. The second-order valence-corrected chi connectivity index (χ2v) is 6.71. The van der Waals surface area contributed by atoms with Crippen LogP contribution in [0.5, 0.6) is 5.75 Å². The Kier molecular flexibility index (Phi) is 5.04. The van der Waals surface area contributed by atoms with E-state index in [-0.39, 0.29) is 18.0 Å². The van der Waals surface area contributed by atoms with Crippen LogP contribution in [0.15, 0.2) is 56.1 Å². The summed E-state index contributed by atoms with van der Waals surface area (Å²) in [7, 11) is 0. The summed E-state index contributed by atoms with van der Waals surface area (Å²) >= 11 is 3.35. The van der Waals surface area contributed by atoms with Crippen LogP contribution in [-0.4, -0.2) is 12.4 Å². The summed E-state index contributed by atoms with van der Waals surface area (Å²) in [6.07, 6.45) is 0.669. The van der Waals surface area contributed by atoms with E-state index in [2.05, 4.69) is 15.9 Å². The van der Waals surface area contributed by atoms with Gasteiger partial charge in [-0.2, -0.15) is 0 Å². The molecule has 0 aliphatic rings. The molecule has 3 rings (SSSR count). The lowest BCUT2D eigenvalue weighted by molar-refractivity contribution is 0.0922. The summed E-state index contributed by atoms with van der Waals surface area (Å²) in [5.74, 6) is 0.443. The van der Waals surface area contributed by atoms with Crippen molar-refractivity contribution in [3.05, 3.63) is 74.0 Å². The maximum absolute atomic E-state index is 12.3. The normalized spacial score (nSPS) is 10.8. The fourth-order valence-electron chi connectivity index (χ4n) is 2.73. The van der Waals surface area contributed by atoms with Crippen LogP contribution in [0.1, 0.15) is 28.4 Å². The van der Waals surface area contributed by atoms with Gasteiger partial charge in [-0.3, -0.25) is 4.79 Å². The van der Waals surface area contributed by atoms with Gasteiger partial charge < -0.3 is 9.15 Å². The molecule has 0 fully saturated rings. The highest BCUT2D eigenvalue weighted by Crippen LogP contribution is 2.30. The summed E-state index contributed by atoms with van der Waals surface area (Å²) < 4.78 is 12.0. The van der Waals surface area contributed by atoms with E-state index in [4.69, 9.17) is 9.15 Å². The predicted octanol–water partition coefficient (Wildman–Crippen LogP) is 4.69. The Morgan fingerprint density at radius 3 is 2.56 bits per heavy atom. The number of ketones is 1. The fourth-order valence-corrected chi connectivity index (χ4v) is 2.99. The first-order valence-electron chi connectivity index (χ1n) is 7.97. The number of carbonyl (C=O) groups is 1. The highest BCUT2D eigenvalue weighted by molar-refractivity contribution is 9.10. The Bertz CT molecular complexity index is 987. The van der Waals surface area contributed by atoms with Gasteiger partial charge in [0.15, 0.2) is 12.4 Å². The molecule has 0 atom stereocenters. The van der Waals surface area contributed by atoms with Crippen LogP contribution in [0.3, 0.4) is 0 Å². The van der Waals surface area contributed by atoms with Crippen molar-refractivity contribution in [1.29, 1.82) is 0 Å². The summed E-state index contributed by atoms with van der Waals surface area (Å²) in [5.41, 5.74) is 2.43. The molecule has 128 valence electrons. The third-order valence-electron chi connectivity index (χ3n) is 3.94. The van der Waals surface area contributed by atoms with Gasteiger partial charge in [0.25, 0.3) is 0 Å². The van der Waals surface area contributed by atoms with Crippen LogP contribution in [0.25, 0.3) is 11.0 Å². The number of Topliss-reactive ketones (excluding diaryl/α,β-unsaturated/α-hetero) is 1. The van der Waals surface area contributed by atoms with Gasteiger partial charge in [-0.1, -0.05) is 35.0 Å². The van der Waals surface area contributed by atoms with Crippen molar-refractivity contribution >= 4 is 32.7 Å². The molecule has 0 radical (unpaired) electrons. The van der Waals surface area contributed by atoms with Crippen LogP contribution >= 0.6 is 15.9 Å². The molecule has 0 aliphatic carbocycles. The zero-order chi connectivity index (χ0) is 18.0. The number of ether oxygens (including phenoxy) is 1. The second kappa shape index (κ2) is 7.23. The zero-order valence-electron chi connectivity index (χ0n) is 14.0. The Hall–Kier alpha value is -2.40.